The van der Waals surface area contributed by atoms with Crippen LogP contribution in [0.25, 0.3) is 11.3 Å². The van der Waals surface area contributed by atoms with Gasteiger partial charge in [-0.1, -0.05) is 24.3 Å². The van der Waals surface area contributed by atoms with E-state index in [9.17, 15) is 27.5 Å². The Morgan fingerprint density at radius 1 is 1.10 bits per heavy atom. The Bertz CT molecular complexity index is 1450. The maximum Gasteiger partial charge on any atom is 0.540 e. The lowest BCUT2D eigenvalue weighted by Crippen LogP contribution is -2.41. The molecule has 0 radical (unpaired) electrons. The van der Waals surface area contributed by atoms with Crippen LogP contribution in [-0.4, -0.2) is 56.7 Å². The molecule has 3 heterocycles. The maximum atomic E-state index is 14.3. The molecule has 0 spiro atoms. The van der Waals surface area contributed by atoms with Gasteiger partial charge in [0, 0.05) is 25.9 Å². The number of aliphatic hydroxyl groups excluding tert-OH is 1. The van der Waals surface area contributed by atoms with E-state index in [1.807, 2.05) is 30.3 Å². The molecule has 1 saturated carbocycles. The molecule has 1 amide bonds. The minimum absolute atomic E-state index is 0. The van der Waals surface area contributed by atoms with Crippen LogP contribution in [0.4, 0.5) is 23.4 Å². The highest BCUT2D eigenvalue weighted by Gasteiger charge is 2.57. The fourth-order valence-corrected chi connectivity index (χ4v) is 6.17. The smallest absolute Gasteiger partial charge is 0.412 e. The van der Waals surface area contributed by atoms with E-state index in [2.05, 4.69) is 24.1 Å². The standard InChI is InChI=1S/C28H25F4N3O4S.2H2O.2H2/c29-27(30)21-15-18(8-11-23(21)38-28(31,32)39-27)26(12-13-26)25(37)34-24-5-1-4-22(33-24)17-6-9-20(10-7-17)40-35-14-2-3-19(35)16-36;;;;/h1,4-11,15,19,36H,2-3,12-14,16H2,(H,33,34,37);2*1H2;2*1H/t19-;;;;/m1..../s1. The number of carbonyl (C=O) groups is 1. The predicted molar refractivity (Wildman–Crippen MR) is 150 cm³/mol. The van der Waals surface area contributed by atoms with Gasteiger partial charge in [-0.25, -0.2) is 14.0 Å². The summed E-state index contributed by atoms with van der Waals surface area (Å²) >= 11 is 1.61. The van der Waals surface area contributed by atoms with Crippen LogP contribution in [0.2, 0.25) is 0 Å². The van der Waals surface area contributed by atoms with Crippen molar-refractivity contribution < 1.29 is 50.7 Å². The van der Waals surface area contributed by atoms with Crippen molar-refractivity contribution in [1.82, 2.24) is 9.29 Å². The van der Waals surface area contributed by atoms with Gasteiger partial charge in [0.2, 0.25) is 5.91 Å². The summed E-state index contributed by atoms with van der Waals surface area (Å²) in [6.07, 6.45) is -5.91. The van der Waals surface area contributed by atoms with E-state index in [-0.39, 0.29) is 32.0 Å². The monoisotopic (exact) mass is 615 g/mol. The van der Waals surface area contributed by atoms with E-state index in [0.29, 0.717) is 24.4 Å². The summed E-state index contributed by atoms with van der Waals surface area (Å²) in [6.45, 7) is 1.06. The first-order valence-electron chi connectivity index (χ1n) is 12.8. The summed E-state index contributed by atoms with van der Waals surface area (Å²) in [5.41, 5.74) is -0.212. The first kappa shape index (κ1) is 31.7. The van der Waals surface area contributed by atoms with Crippen LogP contribution >= 0.6 is 11.9 Å². The molecule has 2 aromatic carbocycles. The molecule has 6 rings (SSSR count). The highest BCUT2D eigenvalue weighted by Crippen LogP contribution is 2.53. The number of rotatable bonds is 7. The summed E-state index contributed by atoms with van der Waals surface area (Å²) < 4.78 is 65.3. The fraction of sp³-hybridized carbons (Fsp3) is 0.357. The van der Waals surface area contributed by atoms with Crippen LogP contribution in [0.15, 0.2) is 65.6 Å². The van der Waals surface area contributed by atoms with Crippen LogP contribution in [0.1, 0.15) is 39.7 Å². The van der Waals surface area contributed by atoms with Gasteiger partial charge in [0.05, 0.1) is 23.3 Å². The van der Waals surface area contributed by atoms with Gasteiger partial charge in [0.1, 0.15) is 11.6 Å². The number of amides is 1. The molecule has 3 aromatic rings. The highest BCUT2D eigenvalue weighted by atomic mass is 32.2. The largest absolute Gasteiger partial charge is 0.540 e. The summed E-state index contributed by atoms with van der Waals surface area (Å²) in [4.78, 5) is 18.9. The molecule has 6 N–H and O–H groups in total. The number of carbonyl (C=O) groups excluding carboxylic acids is 1. The van der Waals surface area contributed by atoms with Crippen molar-refractivity contribution in [2.75, 3.05) is 18.5 Å². The van der Waals surface area contributed by atoms with Gasteiger partial charge in [0.15, 0.2) is 0 Å². The predicted octanol–water partition coefficient (Wildman–Crippen LogP) is 4.73. The average molecular weight is 616 g/mol. The second-order valence-electron chi connectivity index (χ2n) is 10.1. The number of aliphatic hydroxyl groups is 1. The maximum absolute atomic E-state index is 14.3. The lowest BCUT2D eigenvalue weighted by molar-refractivity contribution is -0.461. The SMILES string of the molecule is O.O.O=C(Nc1cccc(-c2ccc(SN3CCC[C@@H]3CO)cc2)n1)C1(c2ccc3c(c2)C(F)(F)OC(F)(F)O3)CC1.[HH].[HH]. The van der Waals surface area contributed by atoms with Crippen molar-refractivity contribution in [3.63, 3.8) is 0 Å². The minimum Gasteiger partial charge on any atom is -0.412 e. The minimum atomic E-state index is -4.46. The second kappa shape index (κ2) is 11.8. The van der Waals surface area contributed by atoms with Gasteiger partial charge in [-0.2, -0.15) is 8.78 Å². The van der Waals surface area contributed by atoms with Crippen LogP contribution in [0.5, 0.6) is 5.75 Å². The molecule has 1 atom stereocenters. The summed E-state index contributed by atoms with van der Waals surface area (Å²) in [6, 6.07) is 16.5. The number of hydrogen-bond acceptors (Lipinski definition) is 7. The van der Waals surface area contributed by atoms with E-state index in [0.717, 1.165) is 42.0 Å². The molecule has 2 aliphatic heterocycles. The van der Waals surface area contributed by atoms with Gasteiger partial charge in [-0.15, -0.1) is 8.78 Å². The van der Waals surface area contributed by atoms with Crippen molar-refractivity contribution in [1.29, 1.82) is 0 Å². The van der Waals surface area contributed by atoms with E-state index in [4.69, 9.17) is 0 Å². The van der Waals surface area contributed by atoms with E-state index in [1.54, 1.807) is 24.1 Å². The molecule has 1 saturated heterocycles. The van der Waals surface area contributed by atoms with Crippen molar-refractivity contribution in [2.24, 2.45) is 0 Å². The Morgan fingerprint density at radius 2 is 1.83 bits per heavy atom. The molecule has 0 unspecified atom stereocenters. The topological polar surface area (TPSA) is 147 Å². The first-order valence-corrected chi connectivity index (χ1v) is 13.6. The number of ether oxygens (including phenoxy) is 2. The Kier molecular flexibility index (Phi) is 8.88. The first-order chi connectivity index (χ1) is 19.1. The zero-order valence-corrected chi connectivity index (χ0v) is 22.9. The zero-order chi connectivity index (χ0) is 28.1. The molecule has 230 valence electrons. The van der Waals surface area contributed by atoms with Crippen molar-refractivity contribution in [3.05, 3.63) is 71.8 Å². The third kappa shape index (κ3) is 6.09. The van der Waals surface area contributed by atoms with Gasteiger partial charge >= 0.3 is 12.4 Å². The summed E-state index contributed by atoms with van der Waals surface area (Å²) in [7, 11) is 0. The number of anilines is 1. The number of nitrogens with zero attached hydrogens (tertiary/aromatic N) is 2. The quantitative estimate of drug-likeness (QED) is 0.288. The van der Waals surface area contributed by atoms with E-state index in [1.165, 1.54) is 6.07 Å². The van der Waals surface area contributed by atoms with Crippen molar-refractivity contribution in [2.45, 2.75) is 54.4 Å². The molecule has 1 aliphatic carbocycles. The zero-order valence-electron chi connectivity index (χ0n) is 22.1. The molecular weight excluding hydrogens is 582 g/mol. The van der Waals surface area contributed by atoms with Gasteiger partial charge < -0.3 is 26.1 Å². The van der Waals surface area contributed by atoms with E-state index < -0.39 is 35.0 Å². The number of hydrogen-bond donors (Lipinski definition) is 2. The van der Waals surface area contributed by atoms with Gasteiger partial charge in [-0.05, 0) is 79.6 Å². The summed E-state index contributed by atoms with van der Waals surface area (Å²) in [5.74, 6) is -0.836. The molecule has 3 aliphatic rings. The molecular formula is C28H33F4N3O6S. The number of fused-ring (bicyclic) bond motifs is 1. The Hall–Kier alpha value is -3.27. The Labute approximate surface area is 245 Å². The molecule has 14 heteroatoms. The normalized spacial score (nSPS) is 21.2. The number of aromatic nitrogens is 1. The van der Waals surface area contributed by atoms with Crippen molar-refractivity contribution >= 4 is 23.7 Å². The Balaban J connectivity index is 0.00000169. The van der Waals surface area contributed by atoms with Crippen LogP contribution in [0.3, 0.4) is 0 Å². The second-order valence-corrected chi connectivity index (χ2v) is 11.2. The number of halogens is 4. The fourth-order valence-electron chi connectivity index (χ4n) is 5.10. The average Bonchev–Trinajstić information content (AvgIpc) is 3.61. The number of alkyl halides is 4. The molecule has 9 nitrogen and oxygen atoms in total. The Morgan fingerprint density at radius 3 is 2.52 bits per heavy atom. The van der Waals surface area contributed by atoms with Crippen molar-refractivity contribution in [3.8, 4) is 17.0 Å². The third-order valence-corrected chi connectivity index (χ3v) is 8.60. The molecule has 2 fully saturated rings. The summed E-state index contributed by atoms with van der Waals surface area (Å²) in [5, 5.41) is 12.3. The van der Waals surface area contributed by atoms with Crippen LogP contribution in [-0.2, 0) is 21.1 Å². The number of benzene rings is 2. The lowest BCUT2D eigenvalue weighted by Gasteiger charge is -2.31. The van der Waals surface area contributed by atoms with E-state index >= 15 is 0 Å². The van der Waals surface area contributed by atoms with Gasteiger partial charge in [0.25, 0.3) is 0 Å². The molecule has 0 bridgehead atoms. The lowest BCUT2D eigenvalue weighted by atomic mass is 9.92. The molecule has 1 aromatic heterocycles. The molecule has 42 heavy (non-hydrogen) atoms. The number of nitrogens with one attached hydrogen (secondary N) is 1. The highest BCUT2D eigenvalue weighted by molar-refractivity contribution is 7.97. The van der Waals surface area contributed by atoms with Crippen LogP contribution in [0, 0.1) is 0 Å². The van der Waals surface area contributed by atoms with Gasteiger partial charge in [-0.3, -0.25) is 4.79 Å². The number of pyridine rings is 1. The van der Waals surface area contributed by atoms with Crippen LogP contribution < -0.4 is 10.1 Å². The third-order valence-electron chi connectivity index (χ3n) is 7.40.